The first-order valence-corrected chi connectivity index (χ1v) is 13.7. The molecule has 0 spiro atoms. The van der Waals surface area contributed by atoms with E-state index in [0.29, 0.717) is 43.5 Å². The summed E-state index contributed by atoms with van der Waals surface area (Å²) >= 11 is 0. The van der Waals surface area contributed by atoms with Crippen LogP contribution >= 0.6 is 0 Å². The number of piperidine rings is 1. The maximum atomic E-state index is 13.0. The van der Waals surface area contributed by atoms with Crippen molar-refractivity contribution in [1.29, 1.82) is 0 Å². The van der Waals surface area contributed by atoms with Crippen LogP contribution in [-0.4, -0.2) is 59.1 Å². The summed E-state index contributed by atoms with van der Waals surface area (Å²) in [6.07, 6.45) is 8.40. The molecular weight excluding hydrogens is 470 g/mol. The Bertz CT molecular complexity index is 1150. The van der Waals surface area contributed by atoms with Crippen molar-refractivity contribution < 1.29 is 9.53 Å². The SMILES string of the molecule is NCCCN(C(=O)CCN)C1CCC(n2cc3c(nc2=O)Nc2cc(C4CCNCC4)ccc2O3)CC1. The molecular formula is C27H39N7O3. The van der Waals surface area contributed by atoms with Gasteiger partial charge in [0.1, 0.15) is 0 Å². The number of anilines is 2. The lowest BCUT2D eigenvalue weighted by Crippen LogP contribution is -2.44. The van der Waals surface area contributed by atoms with Gasteiger partial charge in [-0.15, -0.1) is 0 Å². The number of rotatable bonds is 8. The highest BCUT2D eigenvalue weighted by molar-refractivity contribution is 5.76. The van der Waals surface area contributed by atoms with Gasteiger partial charge in [0.25, 0.3) is 0 Å². The summed E-state index contributed by atoms with van der Waals surface area (Å²) in [5.41, 5.74) is 13.2. The third-order valence-corrected chi connectivity index (χ3v) is 7.99. The Kier molecular flexibility index (Phi) is 8.07. The van der Waals surface area contributed by atoms with Crippen molar-refractivity contribution in [3.8, 4) is 11.5 Å². The molecule has 2 fully saturated rings. The van der Waals surface area contributed by atoms with Gasteiger partial charge in [0, 0.05) is 31.6 Å². The Morgan fingerprint density at radius 3 is 2.59 bits per heavy atom. The predicted molar refractivity (Wildman–Crippen MR) is 143 cm³/mol. The second-order valence-corrected chi connectivity index (χ2v) is 10.4. The summed E-state index contributed by atoms with van der Waals surface area (Å²) in [6.45, 7) is 3.62. The zero-order valence-electron chi connectivity index (χ0n) is 21.5. The van der Waals surface area contributed by atoms with E-state index in [2.05, 4.69) is 27.8 Å². The smallest absolute Gasteiger partial charge is 0.350 e. The van der Waals surface area contributed by atoms with E-state index in [-0.39, 0.29) is 23.7 Å². The molecule has 10 nitrogen and oxygen atoms in total. The first-order valence-electron chi connectivity index (χ1n) is 13.7. The quantitative estimate of drug-likeness (QED) is 0.363. The molecule has 1 amide bonds. The monoisotopic (exact) mass is 509 g/mol. The molecule has 3 aliphatic rings. The van der Waals surface area contributed by atoms with Crippen LogP contribution in [0.3, 0.4) is 0 Å². The van der Waals surface area contributed by atoms with Crippen LogP contribution in [-0.2, 0) is 4.79 Å². The summed E-state index contributed by atoms with van der Waals surface area (Å²) in [6, 6.07) is 6.47. The number of hydrogen-bond donors (Lipinski definition) is 4. The Morgan fingerprint density at radius 2 is 1.86 bits per heavy atom. The molecule has 0 bridgehead atoms. The van der Waals surface area contributed by atoms with E-state index >= 15 is 0 Å². The summed E-state index contributed by atoms with van der Waals surface area (Å²) in [5, 5.41) is 6.74. The van der Waals surface area contributed by atoms with Gasteiger partial charge in [-0.25, -0.2) is 4.79 Å². The Balaban J connectivity index is 1.27. The number of carbonyl (C=O) groups excluding carboxylic acids is 1. The molecule has 1 saturated heterocycles. The van der Waals surface area contributed by atoms with Crippen molar-refractivity contribution in [3.63, 3.8) is 0 Å². The van der Waals surface area contributed by atoms with Gasteiger partial charge in [-0.1, -0.05) is 6.07 Å². The average molecular weight is 510 g/mol. The molecule has 3 heterocycles. The van der Waals surface area contributed by atoms with E-state index < -0.39 is 0 Å². The second-order valence-electron chi connectivity index (χ2n) is 10.4. The largest absolute Gasteiger partial charge is 0.450 e. The van der Waals surface area contributed by atoms with Crippen LogP contribution in [0.4, 0.5) is 11.5 Å². The van der Waals surface area contributed by atoms with Crippen LogP contribution in [0.25, 0.3) is 0 Å². The molecule has 0 atom stereocenters. The van der Waals surface area contributed by atoms with Crippen molar-refractivity contribution in [3.05, 3.63) is 40.4 Å². The summed E-state index contributed by atoms with van der Waals surface area (Å²) in [5.74, 6) is 2.39. The Labute approximate surface area is 217 Å². The maximum Gasteiger partial charge on any atom is 0.350 e. The number of carbonyl (C=O) groups is 1. The number of nitrogens with two attached hydrogens (primary N) is 2. The second kappa shape index (κ2) is 11.6. The average Bonchev–Trinajstić information content (AvgIpc) is 2.92. The molecule has 2 aromatic rings. The predicted octanol–water partition coefficient (Wildman–Crippen LogP) is 2.57. The third kappa shape index (κ3) is 5.66. The van der Waals surface area contributed by atoms with Crippen molar-refractivity contribution in [1.82, 2.24) is 19.8 Å². The number of fused-ring (bicyclic) bond motifs is 2. The lowest BCUT2D eigenvalue weighted by atomic mass is 9.89. The number of benzene rings is 1. The van der Waals surface area contributed by atoms with Gasteiger partial charge in [-0.05, 0) is 88.2 Å². The van der Waals surface area contributed by atoms with Gasteiger partial charge in [-0.2, -0.15) is 4.98 Å². The van der Waals surface area contributed by atoms with Gasteiger partial charge in [0.05, 0.1) is 11.9 Å². The lowest BCUT2D eigenvalue weighted by molar-refractivity contribution is -0.134. The van der Waals surface area contributed by atoms with Gasteiger partial charge >= 0.3 is 5.69 Å². The normalized spacial score (nSPS) is 21.4. The van der Waals surface area contributed by atoms with Gasteiger partial charge in [-0.3, -0.25) is 9.36 Å². The molecule has 1 aromatic heterocycles. The lowest BCUT2D eigenvalue weighted by Gasteiger charge is -2.37. The maximum absolute atomic E-state index is 13.0. The highest BCUT2D eigenvalue weighted by atomic mass is 16.5. The molecule has 1 saturated carbocycles. The molecule has 1 aromatic carbocycles. The molecule has 2 aliphatic heterocycles. The number of nitrogens with one attached hydrogen (secondary N) is 2. The summed E-state index contributed by atoms with van der Waals surface area (Å²) in [7, 11) is 0. The number of amides is 1. The molecule has 0 unspecified atom stereocenters. The minimum Gasteiger partial charge on any atom is -0.450 e. The Morgan fingerprint density at radius 1 is 1.08 bits per heavy atom. The Hall–Kier alpha value is -2.95. The minimum absolute atomic E-state index is 0.0230. The van der Waals surface area contributed by atoms with E-state index in [9.17, 15) is 9.59 Å². The molecule has 6 N–H and O–H groups in total. The molecule has 1 aliphatic carbocycles. The number of hydrogen-bond acceptors (Lipinski definition) is 8. The van der Waals surface area contributed by atoms with Crippen LogP contribution in [0, 0.1) is 0 Å². The minimum atomic E-state index is -0.282. The molecule has 10 heteroatoms. The molecule has 5 rings (SSSR count). The van der Waals surface area contributed by atoms with Crippen LogP contribution in [0.15, 0.2) is 29.2 Å². The zero-order valence-corrected chi connectivity index (χ0v) is 21.5. The van der Waals surface area contributed by atoms with E-state index in [4.69, 9.17) is 16.2 Å². The highest BCUT2D eigenvalue weighted by Crippen LogP contribution is 2.43. The van der Waals surface area contributed by atoms with Gasteiger partial charge < -0.3 is 31.7 Å². The van der Waals surface area contributed by atoms with Gasteiger partial charge in [0.2, 0.25) is 5.91 Å². The first-order chi connectivity index (χ1) is 18.1. The van der Waals surface area contributed by atoms with E-state index in [1.807, 2.05) is 11.0 Å². The molecule has 200 valence electrons. The standard InChI is InChI=1S/C27H39N7O3/c28-11-1-15-33(25(35)8-12-29)20-3-5-21(6-4-20)34-17-24-26(32-27(34)36)31-22-16-19(2-7-23(22)37-24)18-9-13-30-14-10-18/h2,7,16-18,20-21,30H,1,3-6,8-15,28-29H2,(H,31,32,36). The van der Waals surface area contributed by atoms with Crippen LogP contribution in [0.2, 0.25) is 0 Å². The van der Waals surface area contributed by atoms with Crippen molar-refractivity contribution in [2.75, 3.05) is 38.0 Å². The third-order valence-electron chi connectivity index (χ3n) is 7.99. The number of nitrogens with zero attached hydrogens (tertiary/aromatic N) is 3. The fourth-order valence-electron chi connectivity index (χ4n) is 5.95. The topological polar surface area (TPSA) is 141 Å². The fourth-order valence-corrected chi connectivity index (χ4v) is 5.95. The summed E-state index contributed by atoms with van der Waals surface area (Å²) < 4.78 is 7.90. The zero-order chi connectivity index (χ0) is 25.8. The number of ether oxygens (including phenoxy) is 1. The van der Waals surface area contributed by atoms with E-state index in [1.165, 1.54) is 5.56 Å². The molecule has 37 heavy (non-hydrogen) atoms. The fraction of sp³-hybridized carbons (Fsp3) is 0.593. The van der Waals surface area contributed by atoms with Crippen molar-refractivity contribution in [2.24, 2.45) is 11.5 Å². The van der Waals surface area contributed by atoms with Crippen LogP contribution < -0.4 is 32.5 Å². The van der Waals surface area contributed by atoms with E-state index in [0.717, 1.165) is 69.5 Å². The van der Waals surface area contributed by atoms with Gasteiger partial charge in [0.15, 0.2) is 17.3 Å². The summed E-state index contributed by atoms with van der Waals surface area (Å²) in [4.78, 5) is 32.0. The van der Waals surface area contributed by atoms with Crippen molar-refractivity contribution >= 4 is 17.4 Å². The van der Waals surface area contributed by atoms with E-state index in [1.54, 1.807) is 10.8 Å². The number of aromatic nitrogens is 2. The van der Waals surface area contributed by atoms with Crippen LogP contribution in [0.1, 0.15) is 68.9 Å². The highest BCUT2D eigenvalue weighted by Gasteiger charge is 2.30. The van der Waals surface area contributed by atoms with Crippen molar-refractivity contribution in [2.45, 2.75) is 69.4 Å². The van der Waals surface area contributed by atoms with Crippen LogP contribution in [0.5, 0.6) is 11.5 Å². The first kappa shape index (κ1) is 25.7. The molecule has 0 radical (unpaired) electrons.